The largest absolute Gasteiger partial charge is 0.367 e. The van der Waals surface area contributed by atoms with Gasteiger partial charge in [-0.15, -0.1) is 0 Å². The van der Waals surface area contributed by atoms with E-state index in [1.165, 1.54) is 11.8 Å². The maximum absolute atomic E-state index is 12.0. The number of hydrogen-bond acceptors (Lipinski definition) is 5. The summed E-state index contributed by atoms with van der Waals surface area (Å²) >= 11 is 6.69. The maximum atomic E-state index is 12.0. The number of benzene rings is 1. The van der Waals surface area contributed by atoms with Crippen molar-refractivity contribution in [2.45, 2.75) is 13.0 Å². The Morgan fingerprint density at radius 3 is 2.74 bits per heavy atom. The SMILES string of the molecule is N#Cc1ccc(C(=O)CCSC(=S)NCc2cccnc2)cc1. The lowest BCUT2D eigenvalue weighted by atomic mass is 10.1. The van der Waals surface area contributed by atoms with Crippen LogP contribution in [-0.2, 0) is 6.54 Å². The van der Waals surface area contributed by atoms with Gasteiger partial charge in [-0.05, 0) is 23.8 Å². The van der Waals surface area contributed by atoms with E-state index in [0.717, 1.165) is 5.56 Å². The number of nitrogens with zero attached hydrogens (tertiary/aromatic N) is 2. The van der Waals surface area contributed by atoms with Gasteiger partial charge in [-0.3, -0.25) is 9.78 Å². The van der Waals surface area contributed by atoms with Crippen LogP contribution in [0.25, 0.3) is 0 Å². The molecule has 6 heteroatoms. The van der Waals surface area contributed by atoms with Crippen molar-refractivity contribution in [2.75, 3.05) is 5.75 Å². The molecule has 1 aromatic heterocycles. The van der Waals surface area contributed by atoms with Crippen LogP contribution >= 0.6 is 24.0 Å². The second kappa shape index (κ2) is 9.03. The van der Waals surface area contributed by atoms with Crippen molar-refractivity contribution in [3.8, 4) is 6.07 Å². The second-order valence-electron chi connectivity index (χ2n) is 4.71. The van der Waals surface area contributed by atoms with Gasteiger partial charge in [-0.25, -0.2) is 0 Å². The molecule has 0 aliphatic heterocycles. The number of thioether (sulfide) groups is 1. The van der Waals surface area contributed by atoms with Crippen LogP contribution in [0, 0.1) is 11.3 Å². The molecule has 1 aromatic carbocycles. The predicted molar refractivity (Wildman–Crippen MR) is 96.2 cm³/mol. The van der Waals surface area contributed by atoms with Crippen molar-refractivity contribution < 1.29 is 4.79 Å². The van der Waals surface area contributed by atoms with Crippen LogP contribution in [0.5, 0.6) is 0 Å². The zero-order chi connectivity index (χ0) is 16.5. The lowest BCUT2D eigenvalue weighted by Gasteiger charge is -2.07. The van der Waals surface area contributed by atoms with Crippen molar-refractivity contribution in [1.82, 2.24) is 10.3 Å². The lowest BCUT2D eigenvalue weighted by molar-refractivity contribution is 0.0989. The first-order chi connectivity index (χ1) is 11.2. The molecule has 0 saturated carbocycles. The standard InChI is InChI=1S/C17H15N3OS2/c18-10-13-3-5-15(6-4-13)16(21)7-9-23-17(22)20-12-14-2-1-8-19-11-14/h1-6,8,11H,7,9,12H2,(H,20,22). The molecular weight excluding hydrogens is 326 g/mol. The number of Topliss-reactive ketones (excluding diaryl/α,β-unsaturated/α-hetero) is 1. The summed E-state index contributed by atoms with van der Waals surface area (Å²) in [5.41, 5.74) is 2.24. The number of ketones is 1. The summed E-state index contributed by atoms with van der Waals surface area (Å²) in [6.07, 6.45) is 3.92. The Hall–Kier alpha value is -2.23. The molecule has 0 saturated heterocycles. The van der Waals surface area contributed by atoms with E-state index in [4.69, 9.17) is 17.5 Å². The summed E-state index contributed by atoms with van der Waals surface area (Å²) in [5, 5.41) is 11.9. The van der Waals surface area contributed by atoms with E-state index in [1.807, 2.05) is 18.2 Å². The van der Waals surface area contributed by atoms with Gasteiger partial charge < -0.3 is 5.32 Å². The molecule has 2 aromatic rings. The molecule has 0 aliphatic rings. The molecule has 0 atom stereocenters. The van der Waals surface area contributed by atoms with E-state index < -0.39 is 0 Å². The van der Waals surface area contributed by atoms with Gasteiger partial charge in [0.05, 0.1) is 11.6 Å². The number of carbonyl (C=O) groups is 1. The van der Waals surface area contributed by atoms with Crippen LogP contribution < -0.4 is 5.32 Å². The molecule has 4 nitrogen and oxygen atoms in total. The molecule has 0 amide bonds. The van der Waals surface area contributed by atoms with E-state index in [0.29, 0.717) is 34.2 Å². The summed E-state index contributed by atoms with van der Waals surface area (Å²) in [6, 6.07) is 12.6. The minimum atomic E-state index is 0.0528. The summed E-state index contributed by atoms with van der Waals surface area (Å²) in [5.74, 6) is 0.676. The van der Waals surface area contributed by atoms with Gasteiger partial charge in [0.2, 0.25) is 0 Å². The van der Waals surface area contributed by atoms with Crippen molar-refractivity contribution >= 4 is 34.1 Å². The highest BCUT2D eigenvalue weighted by Gasteiger charge is 2.07. The molecule has 0 unspecified atom stereocenters. The van der Waals surface area contributed by atoms with Gasteiger partial charge in [0.25, 0.3) is 0 Å². The van der Waals surface area contributed by atoms with Gasteiger partial charge in [-0.1, -0.05) is 42.2 Å². The van der Waals surface area contributed by atoms with Gasteiger partial charge in [0.1, 0.15) is 4.32 Å². The lowest BCUT2D eigenvalue weighted by Crippen LogP contribution is -2.18. The molecule has 23 heavy (non-hydrogen) atoms. The molecular formula is C17H15N3OS2. The molecule has 0 spiro atoms. The Labute approximate surface area is 144 Å². The number of pyridine rings is 1. The third-order valence-corrected chi connectivity index (χ3v) is 4.37. The van der Waals surface area contributed by atoms with Crippen LogP contribution in [0.15, 0.2) is 48.8 Å². The summed E-state index contributed by atoms with van der Waals surface area (Å²) < 4.78 is 0.668. The topological polar surface area (TPSA) is 65.8 Å². The first-order valence-corrected chi connectivity index (χ1v) is 8.41. The number of carbonyl (C=O) groups excluding carboxylic acids is 1. The summed E-state index contributed by atoms with van der Waals surface area (Å²) in [7, 11) is 0. The van der Waals surface area contributed by atoms with Gasteiger partial charge in [0, 0.05) is 36.7 Å². The zero-order valence-corrected chi connectivity index (χ0v) is 14.0. The first-order valence-electron chi connectivity index (χ1n) is 7.02. The average Bonchev–Trinajstić information content (AvgIpc) is 2.61. The quantitative estimate of drug-likeness (QED) is 0.642. The fraction of sp³-hybridized carbons (Fsp3) is 0.176. The van der Waals surface area contributed by atoms with Crippen molar-refractivity contribution in [3.63, 3.8) is 0 Å². The molecule has 1 heterocycles. The smallest absolute Gasteiger partial charge is 0.163 e. The Balaban J connectivity index is 1.70. The van der Waals surface area contributed by atoms with Gasteiger partial charge >= 0.3 is 0 Å². The number of nitriles is 1. The predicted octanol–water partition coefficient (Wildman–Crippen LogP) is 3.33. The summed E-state index contributed by atoms with van der Waals surface area (Å²) in [6.45, 7) is 0.628. The minimum Gasteiger partial charge on any atom is -0.367 e. The monoisotopic (exact) mass is 341 g/mol. The van der Waals surface area contributed by atoms with Crippen LogP contribution in [0.3, 0.4) is 0 Å². The fourth-order valence-corrected chi connectivity index (χ4v) is 2.81. The Morgan fingerprint density at radius 1 is 1.30 bits per heavy atom. The van der Waals surface area contributed by atoms with E-state index in [-0.39, 0.29) is 5.78 Å². The second-order valence-corrected chi connectivity index (χ2v) is 6.48. The molecule has 0 bridgehead atoms. The normalized spacial score (nSPS) is 9.87. The van der Waals surface area contributed by atoms with Crippen LogP contribution in [0.4, 0.5) is 0 Å². The van der Waals surface area contributed by atoms with Gasteiger partial charge in [0.15, 0.2) is 5.78 Å². The fourth-order valence-electron chi connectivity index (χ4n) is 1.84. The number of thiocarbonyl (C=S) groups is 1. The highest BCUT2D eigenvalue weighted by Crippen LogP contribution is 2.11. The highest BCUT2D eigenvalue weighted by atomic mass is 32.2. The number of aromatic nitrogens is 1. The maximum Gasteiger partial charge on any atom is 0.163 e. The molecule has 2 rings (SSSR count). The van der Waals surface area contributed by atoms with Gasteiger partial charge in [-0.2, -0.15) is 5.26 Å². The van der Waals surface area contributed by atoms with E-state index >= 15 is 0 Å². The molecule has 116 valence electrons. The first kappa shape index (κ1) is 17.1. The molecule has 1 N–H and O–H groups in total. The van der Waals surface area contributed by atoms with Crippen molar-refractivity contribution in [1.29, 1.82) is 5.26 Å². The third kappa shape index (κ3) is 5.81. The Kier molecular flexibility index (Phi) is 6.73. The van der Waals surface area contributed by atoms with Crippen LogP contribution in [-0.4, -0.2) is 20.8 Å². The van der Waals surface area contributed by atoms with E-state index in [1.54, 1.807) is 36.7 Å². The average molecular weight is 341 g/mol. The molecule has 0 aliphatic carbocycles. The van der Waals surface area contributed by atoms with Crippen molar-refractivity contribution in [2.24, 2.45) is 0 Å². The van der Waals surface area contributed by atoms with Crippen molar-refractivity contribution in [3.05, 3.63) is 65.5 Å². The summed E-state index contributed by atoms with van der Waals surface area (Å²) in [4.78, 5) is 16.1. The van der Waals surface area contributed by atoms with Crippen LogP contribution in [0.2, 0.25) is 0 Å². The molecule has 0 radical (unpaired) electrons. The number of rotatable bonds is 6. The number of nitrogens with one attached hydrogen (secondary N) is 1. The zero-order valence-electron chi connectivity index (χ0n) is 12.4. The Morgan fingerprint density at radius 2 is 2.09 bits per heavy atom. The number of hydrogen-bond donors (Lipinski definition) is 1. The third-order valence-electron chi connectivity index (χ3n) is 3.06. The minimum absolute atomic E-state index is 0.0528. The highest BCUT2D eigenvalue weighted by molar-refractivity contribution is 8.22. The Bertz CT molecular complexity index is 709. The van der Waals surface area contributed by atoms with E-state index in [9.17, 15) is 4.79 Å². The van der Waals surface area contributed by atoms with E-state index in [2.05, 4.69) is 10.3 Å². The van der Waals surface area contributed by atoms with Crippen LogP contribution in [0.1, 0.15) is 27.9 Å². The molecule has 0 fully saturated rings.